The SMILES string of the molecule is COc1cc(/C=C(\C#N)c2nc3ccccc3[nH]2)ccc1OCCc1ccccc1. The van der Waals surface area contributed by atoms with Crippen molar-refractivity contribution in [3.63, 3.8) is 0 Å². The van der Waals surface area contributed by atoms with Crippen LogP contribution in [-0.4, -0.2) is 23.7 Å². The van der Waals surface area contributed by atoms with Crippen LogP contribution in [0.1, 0.15) is 17.0 Å². The number of ether oxygens (including phenoxy) is 2. The number of aromatic nitrogens is 2. The maximum Gasteiger partial charge on any atom is 0.161 e. The van der Waals surface area contributed by atoms with Crippen LogP contribution in [0.15, 0.2) is 72.8 Å². The highest BCUT2D eigenvalue weighted by Gasteiger charge is 2.10. The molecule has 0 aliphatic rings. The Balaban J connectivity index is 1.53. The summed E-state index contributed by atoms with van der Waals surface area (Å²) in [6, 6.07) is 25.8. The van der Waals surface area contributed by atoms with Crippen LogP contribution in [0.2, 0.25) is 0 Å². The molecular formula is C25H21N3O2. The van der Waals surface area contributed by atoms with E-state index >= 15 is 0 Å². The summed E-state index contributed by atoms with van der Waals surface area (Å²) in [5, 5.41) is 9.64. The second-order valence-electron chi connectivity index (χ2n) is 6.77. The molecule has 4 rings (SSSR count). The van der Waals surface area contributed by atoms with E-state index in [0.29, 0.717) is 29.5 Å². The fourth-order valence-electron chi connectivity index (χ4n) is 3.22. The van der Waals surface area contributed by atoms with Gasteiger partial charge in [0.1, 0.15) is 11.9 Å². The van der Waals surface area contributed by atoms with E-state index in [1.54, 1.807) is 13.2 Å². The molecule has 0 saturated carbocycles. The molecule has 1 aromatic heterocycles. The Morgan fingerprint density at radius 1 is 1.03 bits per heavy atom. The number of rotatable bonds is 7. The van der Waals surface area contributed by atoms with E-state index < -0.39 is 0 Å². The minimum Gasteiger partial charge on any atom is -0.493 e. The average molecular weight is 395 g/mol. The van der Waals surface area contributed by atoms with E-state index in [2.05, 4.69) is 28.2 Å². The van der Waals surface area contributed by atoms with Crippen molar-refractivity contribution in [3.05, 3.63) is 89.7 Å². The number of nitrogens with zero attached hydrogens (tertiary/aromatic N) is 2. The highest BCUT2D eigenvalue weighted by Crippen LogP contribution is 2.30. The van der Waals surface area contributed by atoms with Gasteiger partial charge in [0, 0.05) is 6.42 Å². The number of fused-ring (bicyclic) bond motifs is 1. The molecule has 0 unspecified atom stereocenters. The number of nitrogens with one attached hydrogen (secondary N) is 1. The van der Waals surface area contributed by atoms with Crippen molar-refractivity contribution >= 4 is 22.7 Å². The zero-order valence-corrected chi connectivity index (χ0v) is 16.6. The lowest BCUT2D eigenvalue weighted by atomic mass is 10.1. The van der Waals surface area contributed by atoms with Crippen molar-refractivity contribution in [1.82, 2.24) is 9.97 Å². The van der Waals surface area contributed by atoms with Crippen LogP contribution in [0.3, 0.4) is 0 Å². The third kappa shape index (κ3) is 4.34. The Kier molecular flexibility index (Phi) is 5.77. The fraction of sp³-hybridized carbons (Fsp3) is 0.120. The summed E-state index contributed by atoms with van der Waals surface area (Å²) in [6.07, 6.45) is 2.60. The van der Waals surface area contributed by atoms with Crippen LogP contribution in [0.25, 0.3) is 22.7 Å². The summed E-state index contributed by atoms with van der Waals surface area (Å²) in [5.41, 5.74) is 4.23. The van der Waals surface area contributed by atoms with Gasteiger partial charge in [-0.1, -0.05) is 48.5 Å². The number of aromatic amines is 1. The highest BCUT2D eigenvalue weighted by atomic mass is 16.5. The van der Waals surface area contributed by atoms with Crippen molar-refractivity contribution in [2.45, 2.75) is 6.42 Å². The predicted octanol–water partition coefficient (Wildman–Crippen LogP) is 5.26. The molecule has 0 fully saturated rings. The number of allylic oxidation sites excluding steroid dienone is 1. The van der Waals surface area contributed by atoms with Crippen molar-refractivity contribution < 1.29 is 9.47 Å². The molecule has 1 N–H and O–H groups in total. The number of hydrogen-bond acceptors (Lipinski definition) is 4. The highest BCUT2D eigenvalue weighted by molar-refractivity contribution is 5.90. The molecule has 5 nitrogen and oxygen atoms in total. The first-order chi connectivity index (χ1) is 14.8. The largest absolute Gasteiger partial charge is 0.493 e. The molecule has 4 aromatic rings. The number of benzene rings is 3. The zero-order valence-electron chi connectivity index (χ0n) is 16.6. The van der Waals surface area contributed by atoms with E-state index in [4.69, 9.17) is 9.47 Å². The lowest BCUT2D eigenvalue weighted by molar-refractivity contribution is 0.297. The molecule has 3 aromatic carbocycles. The summed E-state index contributed by atoms with van der Waals surface area (Å²) in [5.74, 6) is 1.84. The van der Waals surface area contributed by atoms with Crippen LogP contribution in [-0.2, 0) is 6.42 Å². The van der Waals surface area contributed by atoms with Gasteiger partial charge in [-0.25, -0.2) is 4.98 Å². The van der Waals surface area contributed by atoms with E-state index in [1.165, 1.54) is 5.56 Å². The quantitative estimate of drug-likeness (QED) is 0.434. The first-order valence-corrected chi connectivity index (χ1v) is 9.68. The normalized spacial score (nSPS) is 11.3. The Labute approximate surface area is 175 Å². The summed E-state index contributed by atoms with van der Waals surface area (Å²) in [6.45, 7) is 0.554. The van der Waals surface area contributed by atoms with Gasteiger partial charge in [-0.15, -0.1) is 0 Å². The van der Waals surface area contributed by atoms with Crippen LogP contribution in [0.4, 0.5) is 0 Å². The topological polar surface area (TPSA) is 70.9 Å². The number of para-hydroxylation sites is 2. The minimum atomic E-state index is 0.450. The van der Waals surface area contributed by atoms with E-state index in [-0.39, 0.29) is 0 Å². The molecule has 5 heteroatoms. The number of nitriles is 1. The van der Waals surface area contributed by atoms with E-state index in [1.807, 2.05) is 60.7 Å². The molecule has 0 aliphatic heterocycles. The van der Waals surface area contributed by atoms with E-state index in [9.17, 15) is 5.26 Å². The summed E-state index contributed by atoms with van der Waals surface area (Å²) >= 11 is 0. The molecule has 0 saturated heterocycles. The Hall–Kier alpha value is -4.04. The van der Waals surface area contributed by atoms with Crippen molar-refractivity contribution in [2.24, 2.45) is 0 Å². The zero-order chi connectivity index (χ0) is 20.8. The molecule has 0 aliphatic carbocycles. The number of methoxy groups -OCH3 is 1. The standard InChI is InChI=1S/C25H21N3O2/c1-29-24-16-19(11-12-23(24)30-14-13-18-7-3-2-4-8-18)15-20(17-26)25-27-21-9-5-6-10-22(21)28-25/h2-12,15-16H,13-14H2,1H3,(H,27,28)/b20-15+. The first kappa shape index (κ1) is 19.3. The Morgan fingerprint density at radius 2 is 1.83 bits per heavy atom. The molecular weight excluding hydrogens is 374 g/mol. The average Bonchev–Trinajstić information content (AvgIpc) is 3.23. The van der Waals surface area contributed by atoms with Crippen LogP contribution >= 0.6 is 0 Å². The Bertz CT molecular complexity index is 1190. The van der Waals surface area contributed by atoms with Crippen LogP contribution < -0.4 is 9.47 Å². The number of H-pyrrole nitrogens is 1. The maximum atomic E-state index is 9.64. The molecule has 0 radical (unpaired) electrons. The van der Waals surface area contributed by atoms with Gasteiger partial charge in [0.05, 0.1) is 30.3 Å². The minimum absolute atomic E-state index is 0.450. The van der Waals surface area contributed by atoms with Gasteiger partial charge in [-0.3, -0.25) is 0 Å². The second-order valence-corrected chi connectivity index (χ2v) is 6.77. The van der Waals surface area contributed by atoms with Gasteiger partial charge >= 0.3 is 0 Å². The third-order valence-corrected chi connectivity index (χ3v) is 4.75. The smallest absolute Gasteiger partial charge is 0.161 e. The summed E-state index contributed by atoms with van der Waals surface area (Å²) in [7, 11) is 1.61. The van der Waals surface area contributed by atoms with Crippen LogP contribution in [0.5, 0.6) is 11.5 Å². The van der Waals surface area contributed by atoms with Crippen LogP contribution in [0, 0.1) is 11.3 Å². The number of imidazole rings is 1. The first-order valence-electron chi connectivity index (χ1n) is 9.68. The summed E-state index contributed by atoms with van der Waals surface area (Å²) < 4.78 is 11.4. The molecule has 0 spiro atoms. The fourth-order valence-corrected chi connectivity index (χ4v) is 3.22. The predicted molar refractivity (Wildman–Crippen MR) is 118 cm³/mol. The van der Waals surface area contributed by atoms with Crippen molar-refractivity contribution in [3.8, 4) is 17.6 Å². The molecule has 1 heterocycles. The lowest BCUT2D eigenvalue weighted by Gasteiger charge is -2.11. The molecule has 148 valence electrons. The van der Waals surface area contributed by atoms with Gasteiger partial charge in [-0.05, 0) is 41.5 Å². The van der Waals surface area contributed by atoms with Gasteiger partial charge < -0.3 is 14.5 Å². The van der Waals surface area contributed by atoms with Gasteiger partial charge in [0.25, 0.3) is 0 Å². The lowest BCUT2D eigenvalue weighted by Crippen LogP contribution is -2.02. The summed E-state index contributed by atoms with van der Waals surface area (Å²) in [4.78, 5) is 7.70. The molecule has 0 atom stereocenters. The molecule has 0 amide bonds. The van der Waals surface area contributed by atoms with Gasteiger partial charge in [0.15, 0.2) is 11.5 Å². The third-order valence-electron chi connectivity index (χ3n) is 4.75. The molecule has 0 bridgehead atoms. The maximum absolute atomic E-state index is 9.64. The molecule has 30 heavy (non-hydrogen) atoms. The van der Waals surface area contributed by atoms with Gasteiger partial charge in [-0.2, -0.15) is 5.26 Å². The monoisotopic (exact) mass is 395 g/mol. The number of hydrogen-bond donors (Lipinski definition) is 1. The van der Waals surface area contributed by atoms with Crippen molar-refractivity contribution in [1.29, 1.82) is 5.26 Å². The van der Waals surface area contributed by atoms with Gasteiger partial charge in [0.2, 0.25) is 0 Å². The van der Waals surface area contributed by atoms with Crippen molar-refractivity contribution in [2.75, 3.05) is 13.7 Å². The Morgan fingerprint density at radius 3 is 2.60 bits per heavy atom. The van der Waals surface area contributed by atoms with E-state index in [0.717, 1.165) is 23.0 Å². The second kappa shape index (κ2) is 8.97.